The van der Waals surface area contributed by atoms with Crippen LogP contribution < -0.4 is 4.90 Å². The van der Waals surface area contributed by atoms with Crippen LogP contribution >= 0.6 is 11.6 Å². The van der Waals surface area contributed by atoms with Crippen LogP contribution in [0.25, 0.3) is 0 Å². The second-order valence-electron chi connectivity index (χ2n) is 7.69. The first-order valence-corrected chi connectivity index (χ1v) is 9.85. The minimum absolute atomic E-state index is 0.00997. The Morgan fingerprint density at radius 1 is 1.07 bits per heavy atom. The molecule has 6 nitrogen and oxygen atoms in total. The molecule has 3 rings (SSSR count). The van der Waals surface area contributed by atoms with Gasteiger partial charge in [-0.1, -0.05) is 25.4 Å². The van der Waals surface area contributed by atoms with Crippen LogP contribution in [0.2, 0.25) is 5.02 Å². The number of piperazine rings is 1. The van der Waals surface area contributed by atoms with Crippen molar-refractivity contribution in [3.63, 3.8) is 0 Å². The lowest BCUT2D eigenvalue weighted by Crippen LogP contribution is -2.52. The van der Waals surface area contributed by atoms with E-state index in [2.05, 4.69) is 0 Å². The van der Waals surface area contributed by atoms with Gasteiger partial charge in [0.25, 0.3) is 0 Å². The maximum Gasteiger partial charge on any atom is 0.228 e. The maximum absolute atomic E-state index is 12.9. The number of anilines is 1. The van der Waals surface area contributed by atoms with Gasteiger partial charge in [0.05, 0.1) is 5.92 Å². The first-order valence-electron chi connectivity index (χ1n) is 9.47. The van der Waals surface area contributed by atoms with E-state index in [4.69, 9.17) is 11.6 Å². The number of hydrogen-bond acceptors (Lipinski definition) is 3. The Morgan fingerprint density at radius 2 is 1.67 bits per heavy atom. The van der Waals surface area contributed by atoms with Gasteiger partial charge in [0, 0.05) is 56.3 Å². The fourth-order valence-corrected chi connectivity index (χ4v) is 3.78. The molecule has 2 aliphatic rings. The van der Waals surface area contributed by atoms with E-state index in [1.165, 1.54) is 0 Å². The zero-order chi connectivity index (χ0) is 19.6. The van der Waals surface area contributed by atoms with Gasteiger partial charge in [-0.25, -0.2) is 0 Å². The average Bonchev–Trinajstić information content (AvgIpc) is 3.03. The molecule has 0 N–H and O–H groups in total. The van der Waals surface area contributed by atoms with Crippen LogP contribution in [0.4, 0.5) is 5.69 Å². The van der Waals surface area contributed by atoms with Crippen LogP contribution in [-0.4, -0.2) is 60.2 Å². The first kappa shape index (κ1) is 19.7. The molecule has 0 bridgehead atoms. The van der Waals surface area contributed by atoms with Crippen LogP contribution in [0.15, 0.2) is 24.3 Å². The van der Waals surface area contributed by atoms with Crippen LogP contribution in [0.5, 0.6) is 0 Å². The summed E-state index contributed by atoms with van der Waals surface area (Å²) in [5, 5.41) is 0.614. The Labute approximate surface area is 165 Å². The topological polar surface area (TPSA) is 60.9 Å². The second-order valence-corrected chi connectivity index (χ2v) is 8.12. The number of rotatable bonds is 4. The lowest BCUT2D eigenvalue weighted by Gasteiger charge is -2.36. The summed E-state index contributed by atoms with van der Waals surface area (Å²) in [6.45, 7) is 6.66. The standard InChI is InChI=1S/C20H26ClN3O3/c1-14(2)11-18(25)22-7-9-23(10-8-22)20(27)15-12-19(26)24(13-15)17-5-3-16(21)4-6-17/h3-6,14-15H,7-13H2,1-2H3. The molecule has 1 aromatic carbocycles. The van der Waals surface area contributed by atoms with Crippen LogP contribution in [-0.2, 0) is 14.4 Å². The molecule has 0 aliphatic carbocycles. The summed E-state index contributed by atoms with van der Waals surface area (Å²) in [6.07, 6.45) is 0.773. The number of nitrogens with zero attached hydrogens (tertiary/aromatic N) is 3. The molecular weight excluding hydrogens is 366 g/mol. The van der Waals surface area contributed by atoms with E-state index in [1.54, 1.807) is 34.1 Å². The van der Waals surface area contributed by atoms with Gasteiger partial charge in [0.2, 0.25) is 17.7 Å². The number of carbonyl (C=O) groups excluding carboxylic acids is 3. The summed E-state index contributed by atoms with van der Waals surface area (Å²) in [4.78, 5) is 42.7. The van der Waals surface area contributed by atoms with Gasteiger partial charge < -0.3 is 14.7 Å². The number of carbonyl (C=O) groups is 3. The van der Waals surface area contributed by atoms with Crippen LogP contribution in [0.1, 0.15) is 26.7 Å². The van der Waals surface area contributed by atoms with Crippen molar-refractivity contribution in [1.82, 2.24) is 9.80 Å². The summed E-state index contributed by atoms with van der Waals surface area (Å²) in [5.41, 5.74) is 0.767. The molecule has 7 heteroatoms. The van der Waals surface area contributed by atoms with Gasteiger partial charge in [0.15, 0.2) is 0 Å². The summed E-state index contributed by atoms with van der Waals surface area (Å²) >= 11 is 5.90. The van der Waals surface area contributed by atoms with Crippen molar-refractivity contribution in [1.29, 1.82) is 0 Å². The Morgan fingerprint density at radius 3 is 2.26 bits per heavy atom. The quantitative estimate of drug-likeness (QED) is 0.791. The normalized spacial score (nSPS) is 20.5. The Hall–Kier alpha value is -2.08. The number of halogens is 1. The fraction of sp³-hybridized carbons (Fsp3) is 0.550. The molecule has 1 aromatic rings. The number of amides is 3. The molecule has 1 atom stereocenters. The molecular formula is C20H26ClN3O3. The van der Waals surface area contributed by atoms with Crippen molar-refractivity contribution in [2.45, 2.75) is 26.7 Å². The molecule has 3 amide bonds. The van der Waals surface area contributed by atoms with E-state index in [-0.39, 0.29) is 30.1 Å². The molecule has 0 radical (unpaired) electrons. The summed E-state index contributed by atoms with van der Waals surface area (Å²) in [7, 11) is 0. The Kier molecular flexibility index (Phi) is 6.05. The largest absolute Gasteiger partial charge is 0.339 e. The predicted octanol–water partition coefficient (Wildman–Crippen LogP) is 2.41. The fourth-order valence-electron chi connectivity index (χ4n) is 3.66. The van der Waals surface area contributed by atoms with Gasteiger partial charge in [-0.05, 0) is 30.2 Å². The zero-order valence-corrected chi connectivity index (χ0v) is 16.6. The van der Waals surface area contributed by atoms with E-state index in [1.807, 2.05) is 18.7 Å². The van der Waals surface area contributed by atoms with Gasteiger partial charge >= 0.3 is 0 Å². The summed E-state index contributed by atoms with van der Waals surface area (Å²) < 4.78 is 0. The highest BCUT2D eigenvalue weighted by molar-refractivity contribution is 6.30. The molecule has 2 fully saturated rings. The van der Waals surface area contributed by atoms with E-state index >= 15 is 0 Å². The molecule has 2 heterocycles. The molecule has 1 unspecified atom stereocenters. The van der Waals surface area contributed by atoms with Gasteiger partial charge in [-0.2, -0.15) is 0 Å². The van der Waals surface area contributed by atoms with Crippen LogP contribution in [0, 0.1) is 11.8 Å². The molecule has 2 saturated heterocycles. The molecule has 27 heavy (non-hydrogen) atoms. The van der Waals surface area contributed by atoms with Gasteiger partial charge in [-0.15, -0.1) is 0 Å². The highest BCUT2D eigenvalue weighted by Crippen LogP contribution is 2.27. The Balaban J connectivity index is 1.55. The van der Waals surface area contributed by atoms with Crippen molar-refractivity contribution in [3.05, 3.63) is 29.3 Å². The summed E-state index contributed by atoms with van der Waals surface area (Å²) in [6, 6.07) is 7.08. The highest BCUT2D eigenvalue weighted by atomic mass is 35.5. The zero-order valence-electron chi connectivity index (χ0n) is 15.9. The smallest absolute Gasteiger partial charge is 0.228 e. The average molecular weight is 392 g/mol. The van der Waals surface area contributed by atoms with Crippen molar-refractivity contribution in [3.8, 4) is 0 Å². The van der Waals surface area contributed by atoms with E-state index in [0.717, 1.165) is 5.69 Å². The maximum atomic E-state index is 12.9. The first-order chi connectivity index (χ1) is 12.8. The van der Waals surface area contributed by atoms with Crippen LogP contribution in [0.3, 0.4) is 0 Å². The summed E-state index contributed by atoms with van der Waals surface area (Å²) in [5.74, 6) is 0.130. The SMILES string of the molecule is CC(C)CC(=O)N1CCN(C(=O)C2CC(=O)N(c3ccc(Cl)cc3)C2)CC1. The van der Waals surface area contributed by atoms with Crippen molar-refractivity contribution in [2.75, 3.05) is 37.6 Å². The minimum Gasteiger partial charge on any atom is -0.339 e. The van der Waals surface area contributed by atoms with E-state index in [9.17, 15) is 14.4 Å². The number of hydrogen-bond donors (Lipinski definition) is 0. The van der Waals surface area contributed by atoms with Crippen molar-refractivity contribution < 1.29 is 14.4 Å². The molecule has 146 valence electrons. The third-order valence-corrected chi connectivity index (χ3v) is 5.39. The van der Waals surface area contributed by atoms with Crippen molar-refractivity contribution >= 4 is 35.0 Å². The predicted molar refractivity (Wildman–Crippen MR) is 105 cm³/mol. The third-order valence-electron chi connectivity index (χ3n) is 5.14. The highest BCUT2D eigenvalue weighted by Gasteiger charge is 2.38. The van der Waals surface area contributed by atoms with Gasteiger partial charge in [-0.3, -0.25) is 14.4 Å². The monoisotopic (exact) mass is 391 g/mol. The Bertz CT molecular complexity index is 712. The van der Waals surface area contributed by atoms with E-state index < -0.39 is 0 Å². The lowest BCUT2D eigenvalue weighted by atomic mass is 10.1. The minimum atomic E-state index is -0.328. The lowest BCUT2D eigenvalue weighted by molar-refractivity contribution is -0.142. The molecule has 2 aliphatic heterocycles. The third kappa shape index (κ3) is 4.61. The molecule has 0 aromatic heterocycles. The molecule has 0 spiro atoms. The van der Waals surface area contributed by atoms with Crippen molar-refractivity contribution in [2.24, 2.45) is 11.8 Å². The number of benzene rings is 1. The molecule has 0 saturated carbocycles. The van der Waals surface area contributed by atoms with Gasteiger partial charge in [0.1, 0.15) is 0 Å². The van der Waals surface area contributed by atoms with E-state index in [0.29, 0.717) is 50.1 Å². The second kappa shape index (κ2) is 8.30.